The van der Waals surface area contributed by atoms with Gasteiger partial charge in [-0.05, 0) is 24.1 Å². The molecule has 0 radical (unpaired) electrons. The summed E-state index contributed by atoms with van der Waals surface area (Å²) in [7, 11) is 1.53. The van der Waals surface area contributed by atoms with Gasteiger partial charge in [0, 0.05) is 23.9 Å². The van der Waals surface area contributed by atoms with Crippen molar-refractivity contribution >= 4 is 16.9 Å². The molecule has 0 aliphatic carbocycles. The van der Waals surface area contributed by atoms with Gasteiger partial charge in [-0.3, -0.25) is 4.79 Å². The van der Waals surface area contributed by atoms with Gasteiger partial charge >= 0.3 is 11.6 Å². The first-order valence-corrected chi connectivity index (χ1v) is 7.71. The van der Waals surface area contributed by atoms with Crippen LogP contribution in [0.1, 0.15) is 12.0 Å². The van der Waals surface area contributed by atoms with Crippen molar-refractivity contribution in [2.75, 3.05) is 20.3 Å². The highest BCUT2D eigenvalue weighted by molar-refractivity contribution is 5.83. The molecule has 1 fully saturated rings. The van der Waals surface area contributed by atoms with E-state index >= 15 is 0 Å². The molecule has 2 N–H and O–H groups in total. The predicted molar refractivity (Wildman–Crippen MR) is 86.0 cm³/mol. The fourth-order valence-corrected chi connectivity index (χ4v) is 2.68. The lowest BCUT2D eigenvalue weighted by Crippen LogP contribution is -2.37. The predicted octanol–water partition coefficient (Wildman–Crippen LogP) is 1.00. The van der Waals surface area contributed by atoms with Crippen molar-refractivity contribution in [3.05, 3.63) is 40.2 Å². The van der Waals surface area contributed by atoms with Gasteiger partial charge in [0.1, 0.15) is 23.5 Å². The minimum atomic E-state index is -0.863. The van der Waals surface area contributed by atoms with Gasteiger partial charge in [0.2, 0.25) is 0 Å². The van der Waals surface area contributed by atoms with Crippen LogP contribution >= 0.6 is 0 Å². The van der Waals surface area contributed by atoms with Gasteiger partial charge < -0.3 is 24.4 Å². The van der Waals surface area contributed by atoms with E-state index in [0.29, 0.717) is 41.9 Å². The zero-order valence-corrected chi connectivity index (χ0v) is 13.3. The van der Waals surface area contributed by atoms with Crippen LogP contribution in [0, 0.1) is 0 Å². The molecule has 24 heavy (non-hydrogen) atoms. The number of hydrogen-bond acceptors (Lipinski definition) is 7. The fraction of sp³-hybridized carbons (Fsp3) is 0.412. The Morgan fingerprint density at radius 3 is 2.96 bits per heavy atom. The van der Waals surface area contributed by atoms with Crippen LogP contribution in [0.3, 0.4) is 0 Å². The van der Waals surface area contributed by atoms with Crippen molar-refractivity contribution in [2.24, 2.45) is 5.73 Å². The van der Waals surface area contributed by atoms with Gasteiger partial charge in [0.05, 0.1) is 20.3 Å². The Kier molecular flexibility index (Phi) is 4.82. The van der Waals surface area contributed by atoms with Crippen LogP contribution in [0.5, 0.6) is 5.75 Å². The quantitative estimate of drug-likeness (QED) is 0.643. The molecule has 7 nitrogen and oxygen atoms in total. The standard InChI is InChI=1S/C17H19NO6/c1-21-11-2-3-13-10(7-16(19)24-15(13)8-11)6-14(18)17(20)23-12-4-5-22-9-12/h2-3,7-8,12,14H,4-6,9,18H2,1H3. The van der Waals surface area contributed by atoms with Crippen molar-refractivity contribution < 1.29 is 23.4 Å². The Bertz CT molecular complexity index is 793. The summed E-state index contributed by atoms with van der Waals surface area (Å²) in [4.78, 5) is 23.9. The molecule has 2 atom stereocenters. The summed E-state index contributed by atoms with van der Waals surface area (Å²) in [5.41, 5.74) is 6.47. The highest BCUT2D eigenvalue weighted by atomic mass is 16.6. The van der Waals surface area contributed by atoms with Crippen molar-refractivity contribution in [2.45, 2.75) is 25.0 Å². The minimum absolute atomic E-state index is 0.181. The zero-order valence-electron chi connectivity index (χ0n) is 13.3. The fourth-order valence-electron chi connectivity index (χ4n) is 2.68. The molecule has 128 valence electrons. The Labute approximate surface area is 138 Å². The summed E-state index contributed by atoms with van der Waals surface area (Å²) in [6.45, 7) is 0.982. The molecule has 3 rings (SSSR count). The molecular weight excluding hydrogens is 314 g/mol. The smallest absolute Gasteiger partial charge is 0.336 e. The third kappa shape index (κ3) is 3.58. The SMILES string of the molecule is COc1ccc2c(CC(N)C(=O)OC3CCOC3)cc(=O)oc2c1. The number of benzene rings is 1. The van der Waals surface area contributed by atoms with E-state index in [2.05, 4.69) is 0 Å². The number of methoxy groups -OCH3 is 1. The molecule has 0 amide bonds. The number of esters is 1. The lowest BCUT2D eigenvalue weighted by atomic mass is 10.0. The number of carbonyl (C=O) groups excluding carboxylic acids is 1. The molecule has 1 aromatic heterocycles. The normalized spacial score (nSPS) is 18.5. The largest absolute Gasteiger partial charge is 0.497 e. The first-order valence-electron chi connectivity index (χ1n) is 7.71. The van der Waals surface area contributed by atoms with Crippen molar-refractivity contribution in [1.82, 2.24) is 0 Å². The van der Waals surface area contributed by atoms with E-state index in [1.807, 2.05) is 0 Å². The summed E-state index contributed by atoms with van der Waals surface area (Å²) in [6.07, 6.45) is 0.613. The van der Waals surface area contributed by atoms with Gasteiger partial charge in [-0.2, -0.15) is 0 Å². The van der Waals surface area contributed by atoms with Gasteiger partial charge in [0.25, 0.3) is 0 Å². The molecule has 0 saturated carbocycles. The van der Waals surface area contributed by atoms with E-state index < -0.39 is 17.6 Å². The third-order valence-corrected chi connectivity index (χ3v) is 3.95. The van der Waals surface area contributed by atoms with Gasteiger partial charge in [-0.25, -0.2) is 4.79 Å². The number of carbonyl (C=O) groups is 1. The topological polar surface area (TPSA) is 101 Å². The van der Waals surface area contributed by atoms with Crippen LogP contribution < -0.4 is 16.1 Å². The molecule has 1 aliphatic heterocycles. The van der Waals surface area contributed by atoms with Crippen molar-refractivity contribution in [3.63, 3.8) is 0 Å². The van der Waals surface area contributed by atoms with E-state index in [4.69, 9.17) is 24.4 Å². The average Bonchev–Trinajstić information content (AvgIpc) is 3.06. The van der Waals surface area contributed by atoms with Gasteiger partial charge in [-0.1, -0.05) is 0 Å². The number of fused-ring (bicyclic) bond motifs is 1. The van der Waals surface area contributed by atoms with E-state index in [9.17, 15) is 9.59 Å². The number of hydrogen-bond donors (Lipinski definition) is 1. The number of nitrogens with two attached hydrogens (primary N) is 1. The summed E-state index contributed by atoms with van der Waals surface area (Å²) in [6, 6.07) is 5.64. The molecule has 0 bridgehead atoms. The molecule has 7 heteroatoms. The Hall–Kier alpha value is -2.38. The van der Waals surface area contributed by atoms with Crippen LogP contribution in [-0.2, 0) is 20.7 Å². The Morgan fingerprint density at radius 1 is 1.42 bits per heavy atom. The van der Waals surface area contributed by atoms with Gasteiger partial charge in [0.15, 0.2) is 0 Å². The molecule has 1 aliphatic rings. The van der Waals surface area contributed by atoms with Crippen molar-refractivity contribution in [1.29, 1.82) is 0 Å². The Balaban J connectivity index is 1.80. The highest BCUT2D eigenvalue weighted by Crippen LogP contribution is 2.23. The zero-order chi connectivity index (χ0) is 17.1. The third-order valence-electron chi connectivity index (χ3n) is 3.95. The molecule has 1 saturated heterocycles. The van der Waals surface area contributed by atoms with E-state index in [1.165, 1.54) is 13.2 Å². The lowest BCUT2D eigenvalue weighted by molar-refractivity contribution is -0.150. The van der Waals surface area contributed by atoms with Crippen LogP contribution in [-0.4, -0.2) is 38.4 Å². The van der Waals surface area contributed by atoms with Crippen LogP contribution in [0.25, 0.3) is 11.0 Å². The van der Waals surface area contributed by atoms with Crippen LogP contribution in [0.15, 0.2) is 33.5 Å². The summed E-state index contributed by atoms with van der Waals surface area (Å²) in [5.74, 6) is 0.0770. The van der Waals surface area contributed by atoms with Crippen molar-refractivity contribution in [3.8, 4) is 5.75 Å². The second-order valence-electron chi connectivity index (χ2n) is 5.69. The number of ether oxygens (including phenoxy) is 3. The minimum Gasteiger partial charge on any atom is -0.497 e. The van der Waals surface area contributed by atoms with Crippen LogP contribution in [0.4, 0.5) is 0 Å². The van der Waals surface area contributed by atoms with Gasteiger partial charge in [-0.15, -0.1) is 0 Å². The second kappa shape index (κ2) is 7.02. The van der Waals surface area contributed by atoms with E-state index in [1.54, 1.807) is 18.2 Å². The second-order valence-corrected chi connectivity index (χ2v) is 5.69. The summed E-state index contributed by atoms with van der Waals surface area (Å²) >= 11 is 0. The van der Waals surface area contributed by atoms with E-state index in [0.717, 1.165) is 0 Å². The Morgan fingerprint density at radius 2 is 2.25 bits per heavy atom. The first-order chi connectivity index (χ1) is 11.6. The molecule has 0 spiro atoms. The highest BCUT2D eigenvalue weighted by Gasteiger charge is 2.24. The molecule has 2 heterocycles. The molecule has 2 aromatic rings. The first kappa shape index (κ1) is 16.5. The molecule has 2 unspecified atom stereocenters. The van der Waals surface area contributed by atoms with E-state index in [-0.39, 0.29) is 12.5 Å². The summed E-state index contributed by atoms with van der Waals surface area (Å²) in [5, 5.41) is 0.711. The maximum atomic E-state index is 12.1. The molecular formula is C17H19NO6. The van der Waals surface area contributed by atoms with Crippen LogP contribution in [0.2, 0.25) is 0 Å². The maximum absolute atomic E-state index is 12.1. The average molecular weight is 333 g/mol. The maximum Gasteiger partial charge on any atom is 0.336 e. The monoisotopic (exact) mass is 333 g/mol. The number of rotatable bonds is 5. The summed E-state index contributed by atoms with van der Waals surface area (Å²) < 4.78 is 20.8. The lowest BCUT2D eigenvalue weighted by Gasteiger charge is -2.15. The molecule has 1 aromatic carbocycles.